The van der Waals surface area contributed by atoms with Gasteiger partial charge in [-0.1, -0.05) is 30.3 Å². The first-order chi connectivity index (χ1) is 10.7. The molecule has 22 heavy (non-hydrogen) atoms. The number of hydrogen-bond donors (Lipinski definition) is 2. The molecule has 4 heterocycles. The van der Waals surface area contributed by atoms with Gasteiger partial charge < -0.3 is 20.4 Å². The molecule has 2 unspecified atom stereocenters. The minimum Gasteiger partial charge on any atom is -0.366 e. The SMILES string of the molecule is CNC(=S)N[C@H]1C2CN3CCN(C2)CC1(c1ccccc1)C3. The van der Waals surface area contributed by atoms with Gasteiger partial charge in [0.05, 0.1) is 0 Å². The maximum atomic E-state index is 5.44. The molecule has 0 amide bonds. The number of hydrogen-bond acceptors (Lipinski definition) is 3. The first-order valence-electron chi connectivity index (χ1n) is 8.20. The topological polar surface area (TPSA) is 30.5 Å². The smallest absolute Gasteiger partial charge is 0.166 e. The lowest BCUT2D eigenvalue weighted by molar-refractivity contribution is 0.0266. The van der Waals surface area contributed by atoms with E-state index in [1.54, 1.807) is 0 Å². The summed E-state index contributed by atoms with van der Waals surface area (Å²) >= 11 is 5.44. The van der Waals surface area contributed by atoms with E-state index in [0.29, 0.717) is 12.0 Å². The van der Waals surface area contributed by atoms with E-state index in [0.717, 1.165) is 18.2 Å². The van der Waals surface area contributed by atoms with Crippen molar-refractivity contribution in [2.24, 2.45) is 5.92 Å². The van der Waals surface area contributed by atoms with Crippen molar-refractivity contribution in [1.29, 1.82) is 0 Å². The fraction of sp³-hybridized carbons (Fsp3) is 0.588. The Morgan fingerprint density at radius 2 is 1.77 bits per heavy atom. The van der Waals surface area contributed by atoms with Gasteiger partial charge in [0.15, 0.2) is 5.11 Å². The van der Waals surface area contributed by atoms with E-state index in [4.69, 9.17) is 12.2 Å². The Labute approximate surface area is 137 Å². The Hall–Kier alpha value is -1.17. The van der Waals surface area contributed by atoms with Gasteiger partial charge in [0, 0.05) is 63.7 Å². The molecule has 4 bridgehead atoms. The summed E-state index contributed by atoms with van der Waals surface area (Å²) < 4.78 is 0. The summed E-state index contributed by atoms with van der Waals surface area (Å²) in [7, 11) is 1.90. The third-order valence-corrected chi connectivity index (χ3v) is 5.98. The van der Waals surface area contributed by atoms with E-state index in [1.807, 2.05) is 7.05 Å². The minimum atomic E-state index is 0.139. The second kappa shape index (κ2) is 5.48. The van der Waals surface area contributed by atoms with Crippen molar-refractivity contribution in [2.45, 2.75) is 11.5 Å². The Morgan fingerprint density at radius 3 is 2.36 bits per heavy atom. The lowest BCUT2D eigenvalue weighted by Crippen LogP contribution is -2.71. The molecule has 0 aromatic heterocycles. The van der Waals surface area contributed by atoms with Crippen LogP contribution in [0.2, 0.25) is 0 Å². The summed E-state index contributed by atoms with van der Waals surface area (Å²) in [6.07, 6.45) is 0. The first-order valence-corrected chi connectivity index (χ1v) is 8.60. The molecule has 4 fully saturated rings. The highest BCUT2D eigenvalue weighted by molar-refractivity contribution is 7.80. The summed E-state index contributed by atoms with van der Waals surface area (Å²) in [4.78, 5) is 5.32. The van der Waals surface area contributed by atoms with E-state index in [9.17, 15) is 0 Å². The van der Waals surface area contributed by atoms with Crippen LogP contribution in [-0.2, 0) is 5.41 Å². The maximum Gasteiger partial charge on any atom is 0.166 e. The van der Waals surface area contributed by atoms with E-state index in [1.165, 1.54) is 31.7 Å². The molecule has 4 aliphatic rings. The fourth-order valence-electron chi connectivity index (χ4n) is 4.78. The van der Waals surface area contributed by atoms with Crippen LogP contribution in [0.1, 0.15) is 5.56 Å². The molecule has 4 aliphatic heterocycles. The third kappa shape index (κ3) is 2.23. The van der Waals surface area contributed by atoms with Crippen LogP contribution in [0.25, 0.3) is 0 Å². The minimum absolute atomic E-state index is 0.139. The molecule has 0 radical (unpaired) electrons. The van der Waals surface area contributed by atoms with Gasteiger partial charge in [-0.3, -0.25) is 0 Å². The van der Waals surface area contributed by atoms with Gasteiger partial charge in [-0.15, -0.1) is 0 Å². The van der Waals surface area contributed by atoms with Crippen LogP contribution in [0.3, 0.4) is 0 Å². The van der Waals surface area contributed by atoms with Crippen molar-refractivity contribution in [3.05, 3.63) is 35.9 Å². The average Bonchev–Trinajstić information content (AvgIpc) is 2.79. The molecule has 5 rings (SSSR count). The van der Waals surface area contributed by atoms with E-state index in [-0.39, 0.29) is 5.41 Å². The number of nitrogens with one attached hydrogen (secondary N) is 2. The second-order valence-electron chi connectivity index (χ2n) is 6.95. The summed E-state index contributed by atoms with van der Waals surface area (Å²) in [6, 6.07) is 11.5. The summed E-state index contributed by atoms with van der Waals surface area (Å²) in [5.41, 5.74) is 1.59. The van der Waals surface area contributed by atoms with E-state index in [2.05, 4.69) is 50.8 Å². The van der Waals surface area contributed by atoms with E-state index < -0.39 is 0 Å². The lowest BCUT2D eigenvalue weighted by Gasteiger charge is -2.56. The predicted octanol–water partition coefficient (Wildman–Crippen LogP) is 0.648. The normalized spacial score (nSPS) is 39.3. The quantitative estimate of drug-likeness (QED) is 0.783. The zero-order chi connectivity index (χ0) is 15.2. The summed E-state index contributed by atoms with van der Waals surface area (Å²) in [5.74, 6) is 0.636. The largest absolute Gasteiger partial charge is 0.366 e. The molecule has 4 nitrogen and oxygen atoms in total. The van der Waals surface area contributed by atoms with Gasteiger partial charge in [-0.2, -0.15) is 0 Å². The lowest BCUT2D eigenvalue weighted by atomic mass is 9.64. The maximum absolute atomic E-state index is 5.44. The van der Waals surface area contributed by atoms with Crippen molar-refractivity contribution >= 4 is 17.3 Å². The highest BCUT2D eigenvalue weighted by Crippen LogP contribution is 2.43. The number of rotatable bonds is 2. The zero-order valence-electron chi connectivity index (χ0n) is 13.1. The van der Waals surface area contributed by atoms with Gasteiger partial charge >= 0.3 is 0 Å². The molecule has 1 aromatic carbocycles. The molecule has 0 aliphatic carbocycles. The second-order valence-corrected chi connectivity index (χ2v) is 7.36. The molecule has 5 heteroatoms. The Kier molecular flexibility index (Phi) is 3.59. The first kappa shape index (κ1) is 14.4. The van der Waals surface area contributed by atoms with E-state index >= 15 is 0 Å². The summed E-state index contributed by atoms with van der Waals surface area (Å²) in [5, 5.41) is 7.52. The van der Waals surface area contributed by atoms with Gasteiger partial charge in [0.25, 0.3) is 0 Å². The van der Waals surface area contributed by atoms with Gasteiger partial charge in [-0.25, -0.2) is 0 Å². The van der Waals surface area contributed by atoms with Crippen molar-refractivity contribution in [2.75, 3.05) is 46.3 Å². The van der Waals surface area contributed by atoms with Crippen LogP contribution >= 0.6 is 12.2 Å². The van der Waals surface area contributed by atoms with Crippen LogP contribution < -0.4 is 10.6 Å². The van der Waals surface area contributed by atoms with Gasteiger partial charge in [0.2, 0.25) is 0 Å². The van der Waals surface area contributed by atoms with Gasteiger partial charge in [0.1, 0.15) is 0 Å². The van der Waals surface area contributed by atoms with Crippen LogP contribution in [0.4, 0.5) is 0 Å². The van der Waals surface area contributed by atoms with Crippen molar-refractivity contribution < 1.29 is 0 Å². The fourth-order valence-corrected chi connectivity index (χ4v) is 4.91. The number of piperidine rings is 2. The molecule has 4 saturated heterocycles. The zero-order valence-corrected chi connectivity index (χ0v) is 13.9. The number of thiocarbonyl (C=S) groups is 1. The Morgan fingerprint density at radius 1 is 1.14 bits per heavy atom. The van der Waals surface area contributed by atoms with Crippen molar-refractivity contribution in [3.63, 3.8) is 0 Å². The standard InChI is InChI=1S/C17H24N4S/c1-18-16(22)19-15-13-9-20-7-8-21(10-13)12-17(15,11-20)14-5-3-2-4-6-14/h2-6,13,15H,7-12H2,1H3,(H2,18,19,22)/t13?,15-,17?/m0/s1. The van der Waals surface area contributed by atoms with Crippen LogP contribution in [0.15, 0.2) is 30.3 Å². The highest BCUT2D eigenvalue weighted by Gasteiger charge is 2.55. The van der Waals surface area contributed by atoms with Crippen LogP contribution in [-0.4, -0.2) is 67.3 Å². The molecular weight excluding hydrogens is 292 g/mol. The summed E-state index contributed by atoms with van der Waals surface area (Å²) in [6.45, 7) is 7.05. The van der Waals surface area contributed by atoms with Gasteiger partial charge in [-0.05, 0) is 17.8 Å². The average molecular weight is 316 g/mol. The molecule has 118 valence electrons. The predicted molar refractivity (Wildman–Crippen MR) is 93.1 cm³/mol. The van der Waals surface area contributed by atoms with Crippen molar-refractivity contribution in [3.8, 4) is 0 Å². The van der Waals surface area contributed by atoms with Crippen molar-refractivity contribution in [1.82, 2.24) is 20.4 Å². The Bertz CT molecular complexity index is 545. The number of fused-ring (bicyclic) bond motifs is 1. The highest BCUT2D eigenvalue weighted by atomic mass is 32.1. The molecular formula is C17H24N4S. The van der Waals surface area contributed by atoms with Crippen LogP contribution in [0, 0.1) is 5.92 Å². The molecule has 1 aromatic rings. The molecule has 3 atom stereocenters. The van der Waals surface area contributed by atoms with Crippen LogP contribution in [0.5, 0.6) is 0 Å². The number of benzene rings is 1. The molecule has 0 spiro atoms. The molecule has 0 saturated carbocycles. The third-order valence-electron chi connectivity index (χ3n) is 5.66. The Balaban J connectivity index is 1.77. The monoisotopic (exact) mass is 316 g/mol. The number of nitrogens with zero attached hydrogens (tertiary/aromatic N) is 2. The molecule has 2 N–H and O–H groups in total.